The normalized spacial score (nSPS) is 17.4. The molecule has 1 unspecified atom stereocenters. The molecule has 1 aromatic carbocycles. The summed E-state index contributed by atoms with van der Waals surface area (Å²) in [4.78, 5) is 9.00. The summed E-state index contributed by atoms with van der Waals surface area (Å²) in [6, 6.07) is 6.80. The number of aryl methyl sites for hydroxylation is 2. The smallest absolute Gasteiger partial charge is 0.295 e. The average molecular weight is 313 g/mol. The zero-order valence-corrected chi connectivity index (χ0v) is 13.2. The van der Waals surface area contributed by atoms with E-state index in [0.29, 0.717) is 12.6 Å². The molecular formula is C16H19N5O2. The second-order valence-electron chi connectivity index (χ2n) is 5.93. The molecule has 0 spiro atoms. The zero-order valence-electron chi connectivity index (χ0n) is 13.2. The van der Waals surface area contributed by atoms with Gasteiger partial charge in [-0.25, -0.2) is 9.67 Å². The van der Waals surface area contributed by atoms with Crippen molar-refractivity contribution in [1.29, 1.82) is 0 Å². The quantitative estimate of drug-likeness (QED) is 0.796. The van der Waals surface area contributed by atoms with Crippen LogP contribution in [0.4, 0.5) is 6.01 Å². The van der Waals surface area contributed by atoms with Gasteiger partial charge in [-0.15, -0.1) is 0 Å². The van der Waals surface area contributed by atoms with E-state index in [9.17, 15) is 0 Å². The summed E-state index contributed by atoms with van der Waals surface area (Å²) in [6.45, 7) is 3.25. The molecular weight excluding hydrogens is 294 g/mol. The lowest BCUT2D eigenvalue weighted by molar-refractivity contribution is 0.177. The van der Waals surface area contributed by atoms with E-state index in [0.717, 1.165) is 42.1 Å². The Kier molecular flexibility index (Phi) is 3.49. The van der Waals surface area contributed by atoms with Crippen LogP contribution in [0, 0.1) is 6.92 Å². The lowest BCUT2D eigenvalue weighted by Crippen LogP contribution is -2.32. The molecule has 1 aliphatic rings. The van der Waals surface area contributed by atoms with Crippen LogP contribution in [-0.2, 0) is 24.3 Å². The molecule has 7 heteroatoms. The highest BCUT2D eigenvalue weighted by Gasteiger charge is 2.22. The number of rotatable bonds is 4. The van der Waals surface area contributed by atoms with Gasteiger partial charge in [-0.05, 0) is 31.0 Å². The van der Waals surface area contributed by atoms with Crippen molar-refractivity contribution in [2.24, 2.45) is 0 Å². The molecule has 0 saturated carbocycles. The molecule has 0 saturated heterocycles. The van der Waals surface area contributed by atoms with Gasteiger partial charge in [-0.3, -0.25) is 0 Å². The largest absolute Gasteiger partial charge is 0.424 e. The summed E-state index contributed by atoms with van der Waals surface area (Å²) in [5, 5.41) is 7.85. The first-order chi connectivity index (χ1) is 11.2. The first-order valence-electron chi connectivity index (χ1n) is 7.76. The third-order valence-corrected chi connectivity index (χ3v) is 4.05. The van der Waals surface area contributed by atoms with Crippen molar-refractivity contribution in [1.82, 2.24) is 19.7 Å². The number of fused-ring (bicyclic) bond motifs is 2. The van der Waals surface area contributed by atoms with Crippen LogP contribution in [0.3, 0.4) is 0 Å². The van der Waals surface area contributed by atoms with Crippen molar-refractivity contribution < 1.29 is 9.15 Å². The van der Waals surface area contributed by atoms with Gasteiger partial charge in [0.2, 0.25) is 0 Å². The number of anilines is 1. The van der Waals surface area contributed by atoms with Gasteiger partial charge in [-0.2, -0.15) is 10.1 Å². The van der Waals surface area contributed by atoms with Gasteiger partial charge in [0.25, 0.3) is 6.01 Å². The Morgan fingerprint density at radius 2 is 2.30 bits per heavy atom. The molecule has 1 aliphatic heterocycles. The maximum atomic E-state index is 5.77. The zero-order chi connectivity index (χ0) is 15.8. The molecule has 120 valence electrons. The number of hydrogen-bond donors (Lipinski definition) is 1. The standard InChI is InChI=1S/C16H19N5O2/c1-10-3-5-13-12(7-10)18-16(23-13)17-11-4-6-15-19-14(9-22-2)20-21(15)8-11/h3,5,7,11H,4,6,8-9H2,1-2H3,(H,17,18). The highest BCUT2D eigenvalue weighted by atomic mass is 16.5. The second-order valence-corrected chi connectivity index (χ2v) is 5.93. The SMILES string of the molecule is COCc1nc2n(n1)CC(Nc1nc3cc(C)ccc3o1)CC2. The maximum Gasteiger partial charge on any atom is 0.295 e. The number of benzene rings is 1. The minimum atomic E-state index is 0.230. The second kappa shape index (κ2) is 5.66. The molecule has 3 heterocycles. The van der Waals surface area contributed by atoms with Gasteiger partial charge in [0, 0.05) is 13.5 Å². The first kappa shape index (κ1) is 14.2. The fourth-order valence-electron chi connectivity index (χ4n) is 2.94. The summed E-state index contributed by atoms with van der Waals surface area (Å²) in [6.07, 6.45) is 1.86. The van der Waals surface area contributed by atoms with Crippen molar-refractivity contribution in [2.75, 3.05) is 12.4 Å². The molecule has 0 bridgehead atoms. The summed E-state index contributed by atoms with van der Waals surface area (Å²) in [5.41, 5.74) is 2.86. The van der Waals surface area contributed by atoms with Crippen molar-refractivity contribution in [2.45, 2.75) is 39.0 Å². The van der Waals surface area contributed by atoms with Gasteiger partial charge >= 0.3 is 0 Å². The van der Waals surface area contributed by atoms with Crippen molar-refractivity contribution >= 4 is 17.1 Å². The number of oxazole rings is 1. The third-order valence-electron chi connectivity index (χ3n) is 4.05. The first-order valence-corrected chi connectivity index (χ1v) is 7.76. The van der Waals surface area contributed by atoms with Crippen molar-refractivity contribution in [3.63, 3.8) is 0 Å². The molecule has 3 aromatic rings. The Morgan fingerprint density at radius 1 is 1.39 bits per heavy atom. The van der Waals surface area contributed by atoms with Crippen LogP contribution in [0.2, 0.25) is 0 Å². The van der Waals surface area contributed by atoms with Gasteiger partial charge in [-0.1, -0.05) is 6.07 Å². The number of methoxy groups -OCH3 is 1. The van der Waals surface area contributed by atoms with E-state index in [2.05, 4.69) is 20.4 Å². The molecule has 7 nitrogen and oxygen atoms in total. The Bertz CT molecular complexity index is 838. The molecule has 1 N–H and O–H groups in total. The Morgan fingerprint density at radius 3 is 3.17 bits per heavy atom. The van der Waals surface area contributed by atoms with Crippen LogP contribution in [0.25, 0.3) is 11.1 Å². The number of hydrogen-bond acceptors (Lipinski definition) is 6. The molecule has 2 aromatic heterocycles. The van der Waals surface area contributed by atoms with Gasteiger partial charge in [0.05, 0.1) is 12.6 Å². The number of nitrogens with one attached hydrogen (secondary N) is 1. The van der Waals surface area contributed by atoms with Crippen LogP contribution < -0.4 is 5.32 Å². The molecule has 0 aliphatic carbocycles. The summed E-state index contributed by atoms with van der Waals surface area (Å²) < 4.78 is 12.8. The van der Waals surface area contributed by atoms with E-state index in [1.165, 1.54) is 5.56 Å². The van der Waals surface area contributed by atoms with Gasteiger partial charge in [0.15, 0.2) is 11.4 Å². The lowest BCUT2D eigenvalue weighted by atomic mass is 10.1. The van der Waals surface area contributed by atoms with Crippen LogP contribution in [0.15, 0.2) is 22.6 Å². The lowest BCUT2D eigenvalue weighted by Gasteiger charge is -2.22. The monoisotopic (exact) mass is 313 g/mol. The Hall–Kier alpha value is -2.41. The van der Waals surface area contributed by atoms with E-state index in [1.807, 2.05) is 29.8 Å². The van der Waals surface area contributed by atoms with Crippen LogP contribution in [0.5, 0.6) is 0 Å². The van der Waals surface area contributed by atoms with Gasteiger partial charge in [0.1, 0.15) is 17.9 Å². The molecule has 1 atom stereocenters. The summed E-state index contributed by atoms with van der Waals surface area (Å²) in [7, 11) is 1.65. The molecule has 0 fully saturated rings. The number of nitrogens with zero attached hydrogens (tertiary/aromatic N) is 4. The van der Waals surface area contributed by atoms with Crippen LogP contribution in [-0.4, -0.2) is 32.9 Å². The fraction of sp³-hybridized carbons (Fsp3) is 0.438. The summed E-state index contributed by atoms with van der Waals surface area (Å²) in [5.74, 6) is 1.75. The van der Waals surface area contributed by atoms with E-state index < -0.39 is 0 Å². The van der Waals surface area contributed by atoms with E-state index in [-0.39, 0.29) is 6.04 Å². The predicted octanol–water partition coefficient (Wildman–Crippen LogP) is 2.30. The van der Waals surface area contributed by atoms with Crippen molar-refractivity contribution in [3.8, 4) is 0 Å². The number of aromatic nitrogens is 4. The van der Waals surface area contributed by atoms with Gasteiger partial charge < -0.3 is 14.5 Å². The molecule has 0 radical (unpaired) electrons. The Balaban J connectivity index is 1.50. The fourth-order valence-corrected chi connectivity index (χ4v) is 2.94. The number of ether oxygens (including phenoxy) is 1. The Labute approximate surface area is 133 Å². The average Bonchev–Trinajstić information content (AvgIpc) is 3.09. The van der Waals surface area contributed by atoms with E-state index >= 15 is 0 Å². The van der Waals surface area contributed by atoms with E-state index in [4.69, 9.17) is 9.15 Å². The highest BCUT2D eigenvalue weighted by molar-refractivity contribution is 5.75. The third kappa shape index (κ3) is 2.79. The maximum absolute atomic E-state index is 5.77. The van der Waals surface area contributed by atoms with Crippen LogP contribution in [0.1, 0.15) is 23.6 Å². The van der Waals surface area contributed by atoms with E-state index in [1.54, 1.807) is 7.11 Å². The topological polar surface area (TPSA) is 78.0 Å². The minimum absolute atomic E-state index is 0.230. The highest BCUT2D eigenvalue weighted by Crippen LogP contribution is 2.22. The molecule has 23 heavy (non-hydrogen) atoms. The van der Waals surface area contributed by atoms with Crippen LogP contribution >= 0.6 is 0 Å². The molecule has 4 rings (SSSR count). The minimum Gasteiger partial charge on any atom is -0.424 e. The summed E-state index contributed by atoms with van der Waals surface area (Å²) >= 11 is 0. The predicted molar refractivity (Wildman–Crippen MR) is 85.2 cm³/mol. The molecule has 0 amide bonds. The van der Waals surface area contributed by atoms with Crippen molar-refractivity contribution in [3.05, 3.63) is 35.4 Å².